The SMILES string of the molecule is Cc1cc(N)c(Cl)cc1NCC(C1CC1)C1CC1. The van der Waals surface area contributed by atoms with Crippen molar-refractivity contribution in [2.75, 3.05) is 17.6 Å². The minimum Gasteiger partial charge on any atom is -0.398 e. The van der Waals surface area contributed by atoms with E-state index in [0.29, 0.717) is 10.7 Å². The minimum atomic E-state index is 0.650. The average Bonchev–Trinajstić information content (AvgIpc) is 3.17. The normalized spacial score (nSPS) is 19.3. The second kappa shape index (κ2) is 4.65. The molecule has 2 fully saturated rings. The van der Waals surface area contributed by atoms with Crippen LogP contribution >= 0.6 is 11.6 Å². The van der Waals surface area contributed by atoms with Crippen molar-refractivity contribution in [1.82, 2.24) is 0 Å². The van der Waals surface area contributed by atoms with Gasteiger partial charge < -0.3 is 11.1 Å². The van der Waals surface area contributed by atoms with Gasteiger partial charge in [-0.05, 0) is 68.1 Å². The highest BCUT2D eigenvalue weighted by Crippen LogP contribution is 2.49. The molecule has 0 amide bonds. The number of nitrogen functional groups attached to an aromatic ring is 1. The van der Waals surface area contributed by atoms with Crippen molar-refractivity contribution in [2.45, 2.75) is 32.6 Å². The Labute approximate surface area is 114 Å². The lowest BCUT2D eigenvalue weighted by molar-refractivity contribution is 0.428. The van der Waals surface area contributed by atoms with Crippen LogP contribution in [-0.4, -0.2) is 6.54 Å². The van der Waals surface area contributed by atoms with Crippen LogP contribution in [0.1, 0.15) is 31.2 Å². The van der Waals surface area contributed by atoms with Crippen LogP contribution in [0.15, 0.2) is 12.1 Å². The van der Waals surface area contributed by atoms with Gasteiger partial charge >= 0.3 is 0 Å². The van der Waals surface area contributed by atoms with Gasteiger partial charge in [-0.25, -0.2) is 0 Å². The average molecular weight is 265 g/mol. The Balaban J connectivity index is 1.66. The standard InChI is InChI=1S/C15H21ClN2/c1-9-6-14(17)13(16)7-15(9)18-8-12(10-2-3-10)11-4-5-11/h6-7,10-12,18H,2-5,8,17H2,1H3. The zero-order chi connectivity index (χ0) is 12.7. The molecule has 0 spiro atoms. The van der Waals surface area contributed by atoms with E-state index in [1.165, 1.54) is 31.2 Å². The number of anilines is 2. The number of hydrogen-bond acceptors (Lipinski definition) is 2. The summed E-state index contributed by atoms with van der Waals surface area (Å²) in [6.07, 6.45) is 5.74. The summed E-state index contributed by atoms with van der Waals surface area (Å²) in [4.78, 5) is 0. The number of rotatable bonds is 5. The first-order chi connectivity index (χ1) is 8.65. The second-order valence-electron chi connectivity index (χ2n) is 5.91. The zero-order valence-corrected chi connectivity index (χ0v) is 11.6. The Morgan fingerprint density at radius 1 is 1.28 bits per heavy atom. The monoisotopic (exact) mass is 264 g/mol. The van der Waals surface area contributed by atoms with Crippen molar-refractivity contribution in [3.8, 4) is 0 Å². The topological polar surface area (TPSA) is 38.0 Å². The van der Waals surface area contributed by atoms with Crippen molar-refractivity contribution < 1.29 is 0 Å². The molecule has 0 heterocycles. The lowest BCUT2D eigenvalue weighted by Crippen LogP contribution is -2.18. The molecule has 2 aliphatic rings. The molecule has 18 heavy (non-hydrogen) atoms. The van der Waals surface area contributed by atoms with Gasteiger partial charge in [-0.3, -0.25) is 0 Å². The van der Waals surface area contributed by atoms with E-state index in [4.69, 9.17) is 17.3 Å². The first kappa shape index (κ1) is 12.2. The highest BCUT2D eigenvalue weighted by molar-refractivity contribution is 6.33. The maximum absolute atomic E-state index is 6.09. The van der Waals surface area contributed by atoms with Crippen LogP contribution in [0.5, 0.6) is 0 Å². The first-order valence-corrected chi connectivity index (χ1v) is 7.32. The number of hydrogen-bond donors (Lipinski definition) is 2. The van der Waals surface area contributed by atoms with Gasteiger partial charge in [0.05, 0.1) is 10.7 Å². The van der Waals surface area contributed by atoms with Crippen molar-refractivity contribution >= 4 is 23.0 Å². The quantitative estimate of drug-likeness (QED) is 0.787. The highest BCUT2D eigenvalue weighted by Gasteiger charge is 2.40. The van der Waals surface area contributed by atoms with E-state index in [2.05, 4.69) is 12.2 Å². The molecule has 0 atom stereocenters. The van der Waals surface area contributed by atoms with Crippen molar-refractivity contribution in [1.29, 1.82) is 0 Å². The van der Waals surface area contributed by atoms with E-state index in [9.17, 15) is 0 Å². The molecule has 3 N–H and O–H groups in total. The Bertz CT molecular complexity index is 438. The molecule has 3 rings (SSSR count). The number of aryl methyl sites for hydroxylation is 1. The summed E-state index contributed by atoms with van der Waals surface area (Å²) in [5.41, 5.74) is 8.79. The van der Waals surface area contributed by atoms with Crippen LogP contribution in [0.25, 0.3) is 0 Å². The van der Waals surface area contributed by atoms with Crippen LogP contribution in [-0.2, 0) is 0 Å². The van der Waals surface area contributed by atoms with Gasteiger partial charge in [0.25, 0.3) is 0 Å². The summed E-state index contributed by atoms with van der Waals surface area (Å²) in [5.74, 6) is 2.84. The Morgan fingerprint density at radius 2 is 1.89 bits per heavy atom. The van der Waals surface area contributed by atoms with Crippen molar-refractivity contribution in [3.05, 3.63) is 22.7 Å². The van der Waals surface area contributed by atoms with Crippen LogP contribution in [0.2, 0.25) is 5.02 Å². The molecule has 0 aliphatic heterocycles. The molecule has 1 aromatic rings. The number of benzene rings is 1. The van der Waals surface area contributed by atoms with Gasteiger partial charge in [0, 0.05) is 12.2 Å². The van der Waals surface area contributed by atoms with Crippen molar-refractivity contribution in [2.24, 2.45) is 17.8 Å². The lowest BCUT2D eigenvalue weighted by Gasteiger charge is -2.18. The zero-order valence-electron chi connectivity index (χ0n) is 10.9. The molecule has 0 aromatic heterocycles. The molecule has 98 valence electrons. The summed E-state index contributed by atoms with van der Waals surface area (Å²) >= 11 is 6.09. The third-order valence-electron chi connectivity index (χ3n) is 4.33. The first-order valence-electron chi connectivity index (χ1n) is 6.94. The van der Waals surface area contributed by atoms with E-state index in [1.54, 1.807) is 0 Å². The minimum absolute atomic E-state index is 0.650. The molecule has 0 bridgehead atoms. The third kappa shape index (κ3) is 2.59. The van der Waals surface area contributed by atoms with Crippen LogP contribution in [0, 0.1) is 24.7 Å². The number of nitrogens with two attached hydrogens (primary N) is 1. The maximum atomic E-state index is 6.09. The fourth-order valence-electron chi connectivity index (χ4n) is 2.89. The van der Waals surface area contributed by atoms with Gasteiger partial charge in [-0.1, -0.05) is 11.6 Å². The van der Waals surface area contributed by atoms with E-state index in [0.717, 1.165) is 30.0 Å². The molecule has 0 radical (unpaired) electrons. The van der Waals surface area contributed by atoms with Crippen LogP contribution in [0.4, 0.5) is 11.4 Å². The Kier molecular flexibility index (Phi) is 3.14. The largest absolute Gasteiger partial charge is 0.398 e. The molecule has 0 unspecified atom stereocenters. The molecule has 2 aliphatic carbocycles. The Hall–Kier alpha value is -0.890. The molecule has 2 nitrogen and oxygen atoms in total. The molecule has 3 heteroatoms. The third-order valence-corrected chi connectivity index (χ3v) is 4.65. The van der Waals surface area contributed by atoms with E-state index < -0.39 is 0 Å². The smallest absolute Gasteiger partial charge is 0.0656 e. The van der Waals surface area contributed by atoms with E-state index in [-0.39, 0.29) is 0 Å². The predicted molar refractivity (Wildman–Crippen MR) is 78.0 cm³/mol. The number of halogens is 1. The predicted octanol–water partition coefficient (Wildman–Crippen LogP) is 4.08. The summed E-state index contributed by atoms with van der Waals surface area (Å²) in [6, 6.07) is 3.91. The summed E-state index contributed by atoms with van der Waals surface area (Å²) in [6.45, 7) is 3.18. The fourth-order valence-corrected chi connectivity index (χ4v) is 3.05. The van der Waals surface area contributed by atoms with Gasteiger partial charge in [-0.2, -0.15) is 0 Å². The molecule has 2 saturated carbocycles. The van der Waals surface area contributed by atoms with Crippen molar-refractivity contribution in [3.63, 3.8) is 0 Å². The molecular weight excluding hydrogens is 244 g/mol. The van der Waals surface area contributed by atoms with Crippen LogP contribution in [0.3, 0.4) is 0 Å². The summed E-state index contributed by atoms with van der Waals surface area (Å²) in [7, 11) is 0. The summed E-state index contributed by atoms with van der Waals surface area (Å²) in [5, 5.41) is 4.23. The van der Waals surface area contributed by atoms with Gasteiger partial charge in [0.2, 0.25) is 0 Å². The van der Waals surface area contributed by atoms with Gasteiger partial charge in [0.15, 0.2) is 0 Å². The molecule has 0 saturated heterocycles. The van der Waals surface area contributed by atoms with Gasteiger partial charge in [0.1, 0.15) is 0 Å². The Morgan fingerprint density at radius 3 is 2.44 bits per heavy atom. The van der Waals surface area contributed by atoms with E-state index in [1.807, 2.05) is 12.1 Å². The number of nitrogens with one attached hydrogen (secondary N) is 1. The molecular formula is C15H21ClN2. The fraction of sp³-hybridized carbons (Fsp3) is 0.600. The maximum Gasteiger partial charge on any atom is 0.0656 e. The highest BCUT2D eigenvalue weighted by atomic mass is 35.5. The van der Waals surface area contributed by atoms with Crippen LogP contribution < -0.4 is 11.1 Å². The summed E-state index contributed by atoms with van der Waals surface area (Å²) < 4.78 is 0. The van der Waals surface area contributed by atoms with E-state index >= 15 is 0 Å². The molecule has 1 aromatic carbocycles. The second-order valence-corrected chi connectivity index (χ2v) is 6.32. The van der Waals surface area contributed by atoms with Gasteiger partial charge in [-0.15, -0.1) is 0 Å². The lowest BCUT2D eigenvalue weighted by atomic mass is 9.97.